The van der Waals surface area contributed by atoms with Crippen LogP contribution in [-0.2, 0) is 24.1 Å². The summed E-state index contributed by atoms with van der Waals surface area (Å²) in [5, 5.41) is 8.75. The smallest absolute Gasteiger partial charge is 0.307 e. The Balaban J connectivity index is 2.18. The zero-order valence-corrected chi connectivity index (χ0v) is 9.70. The van der Waals surface area contributed by atoms with Crippen LogP contribution in [-0.4, -0.2) is 11.1 Å². The summed E-state index contributed by atoms with van der Waals surface area (Å²) in [7, 11) is 0. The molecule has 1 aromatic rings. The molecule has 0 aromatic heterocycles. The molecule has 1 unspecified atom stereocenters. The molecule has 2 rings (SSSR count). The van der Waals surface area contributed by atoms with Crippen molar-refractivity contribution in [2.45, 2.75) is 39.0 Å². The molecule has 0 bridgehead atoms. The number of aryl methyl sites for hydroxylation is 1. The average molecular weight is 218 g/mol. The predicted octanol–water partition coefficient (Wildman–Crippen LogP) is 2.83. The molecule has 1 N–H and O–H groups in total. The zero-order chi connectivity index (χ0) is 11.5. The molecule has 1 aliphatic rings. The molecule has 2 heteroatoms. The van der Waals surface area contributed by atoms with Gasteiger partial charge in [0.1, 0.15) is 0 Å². The van der Waals surface area contributed by atoms with Crippen LogP contribution in [0, 0.1) is 5.92 Å². The molecule has 1 aromatic carbocycles. The molecule has 0 aliphatic heterocycles. The number of carbonyl (C=O) groups is 1. The van der Waals surface area contributed by atoms with Crippen molar-refractivity contribution in [1.82, 2.24) is 0 Å². The number of hydrogen-bond acceptors (Lipinski definition) is 1. The van der Waals surface area contributed by atoms with Gasteiger partial charge in [0.25, 0.3) is 0 Å². The van der Waals surface area contributed by atoms with Crippen molar-refractivity contribution < 1.29 is 9.90 Å². The first-order valence-corrected chi connectivity index (χ1v) is 6.01. The summed E-state index contributed by atoms with van der Waals surface area (Å²) in [6.07, 6.45) is 4.92. The van der Waals surface area contributed by atoms with Gasteiger partial charge < -0.3 is 5.11 Å². The van der Waals surface area contributed by atoms with E-state index in [1.54, 1.807) is 0 Å². The van der Waals surface area contributed by atoms with Crippen LogP contribution in [0.2, 0.25) is 0 Å². The fourth-order valence-corrected chi connectivity index (χ4v) is 2.52. The molecule has 0 saturated carbocycles. The first-order valence-electron chi connectivity index (χ1n) is 6.01. The van der Waals surface area contributed by atoms with E-state index in [-0.39, 0.29) is 6.42 Å². The molecule has 86 valence electrons. The SMILES string of the molecule is CCC1CCc2cc(CC(=O)O)ccc2C1. The minimum atomic E-state index is -0.748. The maximum absolute atomic E-state index is 10.6. The normalized spacial score (nSPS) is 19.2. The Morgan fingerprint density at radius 1 is 1.44 bits per heavy atom. The standard InChI is InChI=1S/C14H18O2/c1-2-10-3-5-13-8-11(9-14(15)16)4-6-12(13)7-10/h4,6,8,10H,2-3,5,7,9H2,1H3,(H,15,16). The largest absolute Gasteiger partial charge is 0.481 e. The Hall–Kier alpha value is -1.31. The first kappa shape index (κ1) is 11.2. The van der Waals surface area contributed by atoms with Crippen LogP contribution >= 0.6 is 0 Å². The Morgan fingerprint density at radius 3 is 2.94 bits per heavy atom. The molecule has 0 spiro atoms. The van der Waals surface area contributed by atoms with Crippen LogP contribution in [0.3, 0.4) is 0 Å². The molecule has 0 fully saturated rings. The molecule has 0 amide bonds. The zero-order valence-electron chi connectivity index (χ0n) is 9.70. The van der Waals surface area contributed by atoms with Crippen molar-refractivity contribution in [2.24, 2.45) is 5.92 Å². The van der Waals surface area contributed by atoms with E-state index >= 15 is 0 Å². The second kappa shape index (κ2) is 4.69. The third kappa shape index (κ3) is 2.43. The monoisotopic (exact) mass is 218 g/mol. The van der Waals surface area contributed by atoms with Gasteiger partial charge in [0.2, 0.25) is 0 Å². The minimum Gasteiger partial charge on any atom is -0.481 e. The molecule has 0 heterocycles. The Bertz CT molecular complexity index is 396. The van der Waals surface area contributed by atoms with Crippen LogP contribution in [0.5, 0.6) is 0 Å². The Labute approximate surface area is 96.3 Å². The van der Waals surface area contributed by atoms with Crippen LogP contribution in [0.15, 0.2) is 18.2 Å². The highest BCUT2D eigenvalue weighted by Gasteiger charge is 2.17. The van der Waals surface area contributed by atoms with Gasteiger partial charge in [-0.05, 0) is 41.9 Å². The molecule has 0 radical (unpaired) electrons. The highest BCUT2D eigenvalue weighted by Crippen LogP contribution is 2.28. The summed E-state index contributed by atoms with van der Waals surface area (Å²) in [5.74, 6) is 0.0695. The molecule has 1 atom stereocenters. The molecule has 16 heavy (non-hydrogen) atoms. The van der Waals surface area contributed by atoms with Gasteiger partial charge in [-0.3, -0.25) is 4.79 Å². The van der Waals surface area contributed by atoms with Gasteiger partial charge in [-0.15, -0.1) is 0 Å². The molecule has 1 aliphatic carbocycles. The highest BCUT2D eigenvalue weighted by atomic mass is 16.4. The maximum Gasteiger partial charge on any atom is 0.307 e. The highest BCUT2D eigenvalue weighted by molar-refractivity contribution is 5.70. The summed E-state index contributed by atoms with van der Waals surface area (Å²) in [6, 6.07) is 6.16. The fourth-order valence-electron chi connectivity index (χ4n) is 2.52. The first-order chi connectivity index (χ1) is 7.69. The summed E-state index contributed by atoms with van der Waals surface area (Å²) in [6.45, 7) is 2.24. The van der Waals surface area contributed by atoms with Gasteiger partial charge in [-0.1, -0.05) is 31.5 Å². The van der Waals surface area contributed by atoms with Crippen molar-refractivity contribution in [2.75, 3.05) is 0 Å². The third-order valence-corrected chi connectivity index (χ3v) is 3.53. The van der Waals surface area contributed by atoms with E-state index in [0.717, 1.165) is 17.9 Å². The van der Waals surface area contributed by atoms with Gasteiger partial charge in [0.15, 0.2) is 0 Å². The van der Waals surface area contributed by atoms with Crippen molar-refractivity contribution >= 4 is 5.97 Å². The number of aliphatic carboxylic acids is 1. The van der Waals surface area contributed by atoms with E-state index < -0.39 is 5.97 Å². The molecular formula is C14H18O2. The molecular weight excluding hydrogens is 200 g/mol. The lowest BCUT2D eigenvalue weighted by Gasteiger charge is -2.23. The van der Waals surface area contributed by atoms with Crippen molar-refractivity contribution in [3.8, 4) is 0 Å². The van der Waals surface area contributed by atoms with E-state index in [2.05, 4.69) is 19.1 Å². The lowest BCUT2D eigenvalue weighted by Crippen LogP contribution is -2.14. The second-order valence-corrected chi connectivity index (χ2v) is 4.69. The Morgan fingerprint density at radius 2 is 2.25 bits per heavy atom. The van der Waals surface area contributed by atoms with Crippen LogP contribution in [0.4, 0.5) is 0 Å². The fraction of sp³-hybridized carbons (Fsp3) is 0.500. The van der Waals surface area contributed by atoms with Gasteiger partial charge >= 0.3 is 5.97 Å². The number of hydrogen-bond donors (Lipinski definition) is 1. The van der Waals surface area contributed by atoms with E-state index in [9.17, 15) is 4.79 Å². The number of carboxylic acid groups (broad SMARTS) is 1. The number of fused-ring (bicyclic) bond motifs is 1. The van der Waals surface area contributed by atoms with Crippen LogP contribution in [0.1, 0.15) is 36.5 Å². The molecule has 0 saturated heterocycles. The van der Waals surface area contributed by atoms with E-state index in [1.807, 2.05) is 6.07 Å². The quantitative estimate of drug-likeness (QED) is 0.847. The summed E-state index contributed by atoms with van der Waals surface area (Å²) in [5.41, 5.74) is 3.72. The van der Waals surface area contributed by atoms with E-state index in [4.69, 9.17) is 5.11 Å². The van der Waals surface area contributed by atoms with Gasteiger partial charge in [0, 0.05) is 0 Å². The van der Waals surface area contributed by atoms with Crippen LogP contribution < -0.4 is 0 Å². The van der Waals surface area contributed by atoms with Crippen molar-refractivity contribution in [3.63, 3.8) is 0 Å². The van der Waals surface area contributed by atoms with Gasteiger partial charge in [-0.25, -0.2) is 0 Å². The Kier molecular flexibility index (Phi) is 3.28. The topological polar surface area (TPSA) is 37.3 Å². The predicted molar refractivity (Wildman–Crippen MR) is 63.6 cm³/mol. The second-order valence-electron chi connectivity index (χ2n) is 4.69. The number of rotatable bonds is 3. The van der Waals surface area contributed by atoms with E-state index in [0.29, 0.717) is 0 Å². The lowest BCUT2D eigenvalue weighted by molar-refractivity contribution is -0.136. The summed E-state index contributed by atoms with van der Waals surface area (Å²) >= 11 is 0. The van der Waals surface area contributed by atoms with Crippen molar-refractivity contribution in [1.29, 1.82) is 0 Å². The number of carboxylic acids is 1. The average Bonchev–Trinajstić information content (AvgIpc) is 2.27. The third-order valence-electron chi connectivity index (χ3n) is 3.53. The van der Waals surface area contributed by atoms with E-state index in [1.165, 1.54) is 30.4 Å². The summed E-state index contributed by atoms with van der Waals surface area (Å²) in [4.78, 5) is 10.6. The van der Waals surface area contributed by atoms with Gasteiger partial charge in [-0.2, -0.15) is 0 Å². The number of benzene rings is 1. The summed E-state index contributed by atoms with van der Waals surface area (Å²) < 4.78 is 0. The van der Waals surface area contributed by atoms with Gasteiger partial charge in [0.05, 0.1) is 6.42 Å². The minimum absolute atomic E-state index is 0.143. The van der Waals surface area contributed by atoms with Crippen molar-refractivity contribution in [3.05, 3.63) is 34.9 Å². The lowest BCUT2D eigenvalue weighted by atomic mass is 9.82. The molecule has 2 nitrogen and oxygen atoms in total. The maximum atomic E-state index is 10.6. The van der Waals surface area contributed by atoms with Crippen LogP contribution in [0.25, 0.3) is 0 Å².